The number of hydrogen-bond donors (Lipinski definition) is 1. The molecule has 0 fully saturated rings. The summed E-state index contributed by atoms with van der Waals surface area (Å²) in [7, 11) is 0. The number of nitrogens with zero attached hydrogens (tertiary/aromatic N) is 2. The highest BCUT2D eigenvalue weighted by atomic mass is 32.2. The largest absolute Gasteiger partial charge is 0.364 e. The molecule has 1 aromatic heterocycles. The van der Waals surface area contributed by atoms with Crippen LogP contribution in [-0.4, -0.2) is 11.2 Å². The number of aromatic nitrogens is 1. The number of nitriles is 1. The van der Waals surface area contributed by atoms with Gasteiger partial charge < -0.3 is 5.32 Å². The quantitative estimate of drug-likeness (QED) is 0.856. The van der Waals surface area contributed by atoms with E-state index < -0.39 is 0 Å². The molecule has 2 aromatic rings. The third kappa shape index (κ3) is 3.49. The zero-order chi connectivity index (χ0) is 13.7. The number of benzene rings is 1. The zero-order valence-corrected chi connectivity index (χ0v) is 11.7. The minimum atomic E-state index is 0.177. The maximum atomic E-state index is 8.73. The van der Waals surface area contributed by atoms with Crippen molar-refractivity contribution < 1.29 is 0 Å². The topological polar surface area (TPSA) is 48.7 Å². The lowest BCUT2D eigenvalue weighted by molar-refractivity contribution is 0.872. The van der Waals surface area contributed by atoms with Gasteiger partial charge in [-0.3, -0.25) is 0 Å². The summed E-state index contributed by atoms with van der Waals surface area (Å²) in [6, 6.07) is 14.3. The first-order chi connectivity index (χ1) is 9.22. The van der Waals surface area contributed by atoms with Crippen molar-refractivity contribution in [2.75, 3.05) is 11.6 Å². The molecular formula is C15H15N3S. The molecule has 1 atom stereocenters. The third-order valence-electron chi connectivity index (χ3n) is 2.87. The fourth-order valence-electron chi connectivity index (χ4n) is 1.74. The maximum Gasteiger partial charge on any atom is 0.126 e. The van der Waals surface area contributed by atoms with E-state index in [1.54, 1.807) is 24.0 Å². The molecule has 0 bridgehead atoms. The van der Waals surface area contributed by atoms with E-state index in [1.165, 1.54) is 10.5 Å². The summed E-state index contributed by atoms with van der Waals surface area (Å²) >= 11 is 1.73. The first-order valence-electron chi connectivity index (χ1n) is 5.99. The Morgan fingerprint density at radius 1 is 1.21 bits per heavy atom. The lowest BCUT2D eigenvalue weighted by atomic mass is 10.1. The van der Waals surface area contributed by atoms with Crippen molar-refractivity contribution in [2.24, 2.45) is 0 Å². The van der Waals surface area contributed by atoms with Crippen LogP contribution in [0.5, 0.6) is 0 Å². The Labute approximate surface area is 117 Å². The van der Waals surface area contributed by atoms with Crippen LogP contribution in [0.25, 0.3) is 0 Å². The number of nitrogens with one attached hydrogen (secondary N) is 1. The Morgan fingerprint density at radius 3 is 2.47 bits per heavy atom. The molecule has 1 unspecified atom stereocenters. The van der Waals surface area contributed by atoms with Crippen molar-refractivity contribution in [2.45, 2.75) is 17.9 Å². The molecule has 0 saturated heterocycles. The van der Waals surface area contributed by atoms with E-state index in [-0.39, 0.29) is 6.04 Å². The van der Waals surface area contributed by atoms with Crippen molar-refractivity contribution in [3.05, 3.63) is 53.7 Å². The molecule has 0 spiro atoms. The summed E-state index contributed by atoms with van der Waals surface area (Å²) < 4.78 is 0. The van der Waals surface area contributed by atoms with E-state index in [0.29, 0.717) is 5.56 Å². The second-order valence-electron chi connectivity index (χ2n) is 4.18. The SMILES string of the molecule is CSc1ccc(C(C)Nc2ccc(C#N)cn2)cc1. The van der Waals surface area contributed by atoms with Crippen molar-refractivity contribution in [1.82, 2.24) is 4.98 Å². The van der Waals surface area contributed by atoms with Gasteiger partial charge in [0.15, 0.2) is 0 Å². The van der Waals surface area contributed by atoms with Crippen LogP contribution in [0.4, 0.5) is 5.82 Å². The monoisotopic (exact) mass is 269 g/mol. The average molecular weight is 269 g/mol. The molecule has 4 heteroatoms. The van der Waals surface area contributed by atoms with E-state index >= 15 is 0 Å². The number of pyridine rings is 1. The fraction of sp³-hybridized carbons (Fsp3) is 0.200. The normalized spacial score (nSPS) is 11.6. The van der Waals surface area contributed by atoms with Crippen LogP contribution in [0.15, 0.2) is 47.5 Å². The molecule has 3 nitrogen and oxygen atoms in total. The predicted molar refractivity (Wildman–Crippen MR) is 79.2 cm³/mol. The van der Waals surface area contributed by atoms with Gasteiger partial charge in [-0.25, -0.2) is 4.98 Å². The lowest BCUT2D eigenvalue weighted by Gasteiger charge is -2.15. The van der Waals surface area contributed by atoms with Gasteiger partial charge in [-0.15, -0.1) is 11.8 Å². The van der Waals surface area contributed by atoms with E-state index in [0.717, 1.165) is 5.82 Å². The third-order valence-corrected chi connectivity index (χ3v) is 3.62. The Morgan fingerprint density at radius 2 is 1.95 bits per heavy atom. The van der Waals surface area contributed by atoms with Gasteiger partial charge in [0, 0.05) is 17.1 Å². The van der Waals surface area contributed by atoms with Crippen LogP contribution in [-0.2, 0) is 0 Å². The minimum absolute atomic E-state index is 0.177. The summed E-state index contributed by atoms with van der Waals surface area (Å²) in [4.78, 5) is 5.47. The first-order valence-corrected chi connectivity index (χ1v) is 7.22. The molecule has 0 radical (unpaired) electrons. The fourth-order valence-corrected chi connectivity index (χ4v) is 2.15. The van der Waals surface area contributed by atoms with Crippen LogP contribution in [0.3, 0.4) is 0 Å². The second-order valence-corrected chi connectivity index (χ2v) is 5.06. The maximum absolute atomic E-state index is 8.73. The average Bonchev–Trinajstić information content (AvgIpc) is 2.48. The molecule has 1 aromatic carbocycles. The number of thioether (sulfide) groups is 1. The summed E-state index contributed by atoms with van der Waals surface area (Å²) in [6.07, 6.45) is 3.64. The molecule has 1 heterocycles. The molecule has 0 saturated carbocycles. The predicted octanol–water partition coefficient (Wildman–Crippen LogP) is 3.85. The molecule has 96 valence electrons. The zero-order valence-electron chi connectivity index (χ0n) is 10.9. The lowest BCUT2D eigenvalue weighted by Crippen LogP contribution is -2.07. The highest BCUT2D eigenvalue weighted by molar-refractivity contribution is 7.98. The van der Waals surface area contributed by atoms with Crippen LogP contribution >= 0.6 is 11.8 Å². The van der Waals surface area contributed by atoms with Gasteiger partial charge in [-0.1, -0.05) is 12.1 Å². The van der Waals surface area contributed by atoms with Crippen molar-refractivity contribution in [1.29, 1.82) is 5.26 Å². The second kappa shape index (κ2) is 6.26. The highest BCUT2D eigenvalue weighted by Gasteiger charge is 2.06. The van der Waals surface area contributed by atoms with Crippen molar-refractivity contribution in [3.8, 4) is 6.07 Å². The number of hydrogen-bond acceptors (Lipinski definition) is 4. The van der Waals surface area contributed by atoms with Gasteiger partial charge in [0.1, 0.15) is 11.9 Å². The highest BCUT2D eigenvalue weighted by Crippen LogP contribution is 2.21. The number of anilines is 1. The van der Waals surface area contributed by atoms with Crippen LogP contribution in [0, 0.1) is 11.3 Å². The van der Waals surface area contributed by atoms with Crippen LogP contribution in [0.1, 0.15) is 24.1 Å². The van der Waals surface area contributed by atoms with Crippen molar-refractivity contribution in [3.63, 3.8) is 0 Å². The van der Waals surface area contributed by atoms with Gasteiger partial charge in [0.05, 0.1) is 5.56 Å². The van der Waals surface area contributed by atoms with E-state index in [2.05, 4.69) is 53.8 Å². The van der Waals surface area contributed by atoms with Crippen LogP contribution in [0.2, 0.25) is 0 Å². The Kier molecular flexibility index (Phi) is 4.43. The smallest absolute Gasteiger partial charge is 0.126 e. The van der Waals surface area contributed by atoms with E-state index in [9.17, 15) is 0 Å². The molecule has 0 aliphatic rings. The molecule has 2 rings (SSSR count). The standard InChI is InChI=1S/C15H15N3S/c1-11(13-4-6-14(19-2)7-5-13)18-15-8-3-12(9-16)10-17-15/h3-8,10-11H,1-2H3,(H,17,18). The Balaban J connectivity index is 2.06. The van der Waals surface area contributed by atoms with Crippen molar-refractivity contribution >= 4 is 17.6 Å². The molecule has 1 N–H and O–H groups in total. The van der Waals surface area contributed by atoms with Gasteiger partial charge >= 0.3 is 0 Å². The van der Waals surface area contributed by atoms with Gasteiger partial charge in [-0.2, -0.15) is 5.26 Å². The van der Waals surface area contributed by atoms with Gasteiger partial charge in [-0.05, 0) is 43.0 Å². The molecule has 19 heavy (non-hydrogen) atoms. The Hall–Kier alpha value is -1.99. The summed E-state index contributed by atoms with van der Waals surface area (Å²) in [5, 5.41) is 12.0. The van der Waals surface area contributed by atoms with Gasteiger partial charge in [0.2, 0.25) is 0 Å². The Bertz CT molecular complexity index is 570. The summed E-state index contributed by atoms with van der Waals surface area (Å²) in [5.41, 5.74) is 1.78. The molecule has 0 amide bonds. The van der Waals surface area contributed by atoms with Crippen LogP contribution < -0.4 is 5.32 Å². The van der Waals surface area contributed by atoms with E-state index in [1.807, 2.05) is 6.07 Å². The minimum Gasteiger partial charge on any atom is -0.364 e. The summed E-state index contributed by atoms with van der Waals surface area (Å²) in [6.45, 7) is 2.09. The van der Waals surface area contributed by atoms with E-state index in [4.69, 9.17) is 5.26 Å². The number of rotatable bonds is 4. The summed E-state index contributed by atoms with van der Waals surface area (Å²) in [5.74, 6) is 0.778. The molecule has 0 aliphatic heterocycles. The first kappa shape index (κ1) is 13.4. The molecular weight excluding hydrogens is 254 g/mol. The molecule has 0 aliphatic carbocycles. The van der Waals surface area contributed by atoms with Gasteiger partial charge in [0.25, 0.3) is 0 Å².